The summed E-state index contributed by atoms with van der Waals surface area (Å²) in [5, 5.41) is 10.6. The average molecular weight is 348 g/mol. The molecule has 0 atom stereocenters. The number of imide groups is 1. The van der Waals surface area contributed by atoms with Gasteiger partial charge in [-0.25, -0.2) is 8.42 Å². The molecular formula is C16H16N2O5S. The topological polar surface area (TPSA) is 95.0 Å². The SMILES string of the molecule is CCN(CC)S(=O)(=O)c1cc2c3c(cccc3c1)C(=O)N(O)C2=O. The number of benzene rings is 2. The Kier molecular flexibility index (Phi) is 3.90. The first-order valence-electron chi connectivity index (χ1n) is 7.47. The van der Waals surface area contributed by atoms with Gasteiger partial charge in [0, 0.05) is 18.5 Å². The number of hydroxylamine groups is 2. The van der Waals surface area contributed by atoms with Crippen molar-refractivity contribution in [1.29, 1.82) is 0 Å². The van der Waals surface area contributed by atoms with Crippen molar-refractivity contribution in [2.45, 2.75) is 18.7 Å². The molecule has 3 rings (SSSR count). The van der Waals surface area contributed by atoms with E-state index in [0.29, 0.717) is 23.9 Å². The monoisotopic (exact) mass is 348 g/mol. The van der Waals surface area contributed by atoms with E-state index in [1.54, 1.807) is 26.0 Å². The van der Waals surface area contributed by atoms with Gasteiger partial charge < -0.3 is 0 Å². The van der Waals surface area contributed by atoms with Gasteiger partial charge in [0.1, 0.15) is 0 Å². The maximum atomic E-state index is 12.7. The molecule has 24 heavy (non-hydrogen) atoms. The van der Waals surface area contributed by atoms with E-state index in [9.17, 15) is 23.2 Å². The second-order valence-electron chi connectivity index (χ2n) is 5.39. The van der Waals surface area contributed by atoms with Gasteiger partial charge in [0.05, 0.1) is 16.0 Å². The van der Waals surface area contributed by atoms with E-state index in [1.165, 1.54) is 22.5 Å². The van der Waals surface area contributed by atoms with Crippen molar-refractivity contribution in [3.8, 4) is 0 Å². The summed E-state index contributed by atoms with van der Waals surface area (Å²) in [4.78, 5) is 24.2. The van der Waals surface area contributed by atoms with Crippen molar-refractivity contribution in [2.75, 3.05) is 13.1 Å². The standard InChI is InChI=1S/C16H16N2O5S/c1-3-17(4-2)24(22,23)11-8-10-6-5-7-12-14(10)13(9-11)16(20)18(21)15(12)19/h5-9,21H,3-4H2,1-2H3. The number of amides is 2. The van der Waals surface area contributed by atoms with Crippen LogP contribution in [0.5, 0.6) is 0 Å². The Morgan fingerprint density at radius 1 is 1.04 bits per heavy atom. The Morgan fingerprint density at radius 2 is 1.67 bits per heavy atom. The number of rotatable bonds is 4. The maximum absolute atomic E-state index is 12.7. The highest BCUT2D eigenvalue weighted by Gasteiger charge is 2.34. The lowest BCUT2D eigenvalue weighted by molar-refractivity contribution is -0.0377. The van der Waals surface area contributed by atoms with Crippen molar-refractivity contribution in [1.82, 2.24) is 9.37 Å². The predicted octanol–water partition coefficient (Wildman–Crippen LogP) is 1.86. The molecule has 2 amide bonds. The van der Waals surface area contributed by atoms with Crippen molar-refractivity contribution in [3.05, 3.63) is 41.5 Å². The minimum Gasteiger partial charge on any atom is -0.278 e. The van der Waals surface area contributed by atoms with Gasteiger partial charge in [-0.05, 0) is 23.6 Å². The van der Waals surface area contributed by atoms with Crippen LogP contribution in [0, 0.1) is 0 Å². The van der Waals surface area contributed by atoms with Gasteiger partial charge in [0.15, 0.2) is 0 Å². The second kappa shape index (κ2) is 5.66. The lowest BCUT2D eigenvalue weighted by Gasteiger charge is -2.24. The Bertz CT molecular complexity index is 964. The zero-order valence-corrected chi connectivity index (χ0v) is 14.0. The second-order valence-corrected chi connectivity index (χ2v) is 7.32. The van der Waals surface area contributed by atoms with Crippen LogP contribution >= 0.6 is 0 Å². The zero-order valence-electron chi connectivity index (χ0n) is 13.2. The molecule has 0 unspecified atom stereocenters. The van der Waals surface area contributed by atoms with Crippen LogP contribution in [0.2, 0.25) is 0 Å². The quantitative estimate of drug-likeness (QED) is 0.672. The van der Waals surface area contributed by atoms with Gasteiger partial charge in [-0.2, -0.15) is 4.31 Å². The van der Waals surface area contributed by atoms with E-state index < -0.39 is 21.8 Å². The van der Waals surface area contributed by atoms with E-state index >= 15 is 0 Å². The number of carbonyl (C=O) groups excluding carboxylic acids is 2. The molecule has 0 spiro atoms. The molecule has 1 heterocycles. The summed E-state index contributed by atoms with van der Waals surface area (Å²) >= 11 is 0. The van der Waals surface area contributed by atoms with Crippen LogP contribution in [0.1, 0.15) is 34.6 Å². The van der Waals surface area contributed by atoms with Crippen LogP contribution in [-0.4, -0.2) is 47.9 Å². The first-order chi connectivity index (χ1) is 11.3. The molecule has 0 aliphatic carbocycles. The van der Waals surface area contributed by atoms with Gasteiger partial charge in [0.2, 0.25) is 10.0 Å². The fraction of sp³-hybridized carbons (Fsp3) is 0.250. The Balaban J connectivity index is 2.34. The third-order valence-electron chi connectivity index (χ3n) is 4.14. The van der Waals surface area contributed by atoms with Crippen molar-refractivity contribution >= 4 is 32.6 Å². The zero-order chi connectivity index (χ0) is 17.6. The smallest absolute Gasteiger partial charge is 0.278 e. The molecule has 8 heteroatoms. The molecule has 2 aromatic carbocycles. The van der Waals surface area contributed by atoms with Crippen molar-refractivity contribution in [3.63, 3.8) is 0 Å². The third-order valence-corrected chi connectivity index (χ3v) is 6.17. The molecule has 126 valence electrons. The van der Waals surface area contributed by atoms with E-state index in [0.717, 1.165) is 0 Å². The summed E-state index contributed by atoms with van der Waals surface area (Å²) in [5.41, 5.74) is 0.160. The van der Waals surface area contributed by atoms with Crippen LogP contribution in [0.3, 0.4) is 0 Å². The lowest BCUT2D eigenvalue weighted by atomic mass is 9.95. The van der Waals surface area contributed by atoms with Crippen LogP contribution in [0.25, 0.3) is 10.8 Å². The lowest BCUT2D eigenvalue weighted by Crippen LogP contribution is -2.38. The van der Waals surface area contributed by atoms with E-state index in [1.807, 2.05) is 0 Å². The van der Waals surface area contributed by atoms with Gasteiger partial charge in [-0.1, -0.05) is 26.0 Å². The molecule has 0 saturated heterocycles. The fourth-order valence-electron chi connectivity index (χ4n) is 2.93. The first kappa shape index (κ1) is 16.6. The number of hydrogen-bond donors (Lipinski definition) is 1. The van der Waals surface area contributed by atoms with Crippen LogP contribution in [-0.2, 0) is 10.0 Å². The summed E-state index contributed by atoms with van der Waals surface area (Å²) in [6, 6.07) is 7.37. The molecule has 0 bridgehead atoms. The molecular weight excluding hydrogens is 332 g/mol. The predicted molar refractivity (Wildman–Crippen MR) is 86.3 cm³/mol. The largest absolute Gasteiger partial charge is 0.285 e. The van der Waals surface area contributed by atoms with E-state index in [2.05, 4.69) is 0 Å². The highest BCUT2D eigenvalue weighted by Crippen LogP contribution is 2.32. The summed E-state index contributed by atoms with van der Waals surface area (Å²) in [6.07, 6.45) is 0. The van der Waals surface area contributed by atoms with E-state index in [4.69, 9.17) is 0 Å². The average Bonchev–Trinajstić information content (AvgIpc) is 2.58. The highest BCUT2D eigenvalue weighted by atomic mass is 32.2. The van der Waals surface area contributed by atoms with E-state index in [-0.39, 0.29) is 21.1 Å². The summed E-state index contributed by atoms with van der Waals surface area (Å²) < 4.78 is 26.7. The maximum Gasteiger partial charge on any atom is 0.285 e. The summed E-state index contributed by atoms with van der Waals surface area (Å²) in [6.45, 7) is 4.04. The van der Waals surface area contributed by atoms with Gasteiger partial charge >= 0.3 is 0 Å². The van der Waals surface area contributed by atoms with Crippen molar-refractivity contribution < 1.29 is 23.2 Å². The molecule has 1 aliphatic rings. The molecule has 2 aromatic rings. The van der Waals surface area contributed by atoms with Gasteiger partial charge in [0.25, 0.3) is 11.8 Å². The first-order valence-corrected chi connectivity index (χ1v) is 8.91. The Hall–Kier alpha value is -2.29. The fourth-order valence-corrected chi connectivity index (χ4v) is 4.45. The Labute approximate surface area is 139 Å². The molecule has 0 fully saturated rings. The number of nitrogens with zero attached hydrogens (tertiary/aromatic N) is 2. The molecule has 0 radical (unpaired) electrons. The van der Waals surface area contributed by atoms with Gasteiger partial charge in [-0.15, -0.1) is 5.06 Å². The van der Waals surface area contributed by atoms with Gasteiger partial charge in [-0.3, -0.25) is 14.8 Å². The number of carbonyl (C=O) groups is 2. The normalized spacial score (nSPS) is 14.8. The third kappa shape index (κ3) is 2.22. The molecule has 1 aliphatic heterocycles. The summed E-state index contributed by atoms with van der Waals surface area (Å²) in [7, 11) is -3.77. The van der Waals surface area contributed by atoms with Crippen molar-refractivity contribution in [2.24, 2.45) is 0 Å². The minimum atomic E-state index is -3.77. The summed E-state index contributed by atoms with van der Waals surface area (Å²) in [5.74, 6) is -1.75. The number of sulfonamides is 1. The van der Waals surface area contributed by atoms with Crippen LogP contribution in [0.15, 0.2) is 35.2 Å². The molecule has 7 nitrogen and oxygen atoms in total. The Morgan fingerprint density at radius 3 is 2.29 bits per heavy atom. The molecule has 0 saturated carbocycles. The minimum absolute atomic E-state index is 0.00377. The number of hydrogen-bond acceptors (Lipinski definition) is 5. The van der Waals surface area contributed by atoms with Crippen LogP contribution in [0.4, 0.5) is 0 Å². The molecule has 1 N–H and O–H groups in total. The van der Waals surface area contributed by atoms with Crippen LogP contribution < -0.4 is 0 Å². The molecule has 0 aromatic heterocycles. The highest BCUT2D eigenvalue weighted by molar-refractivity contribution is 7.89.